The summed E-state index contributed by atoms with van der Waals surface area (Å²) in [5.74, 6) is 0. The van der Waals surface area contributed by atoms with Gasteiger partial charge in [0.05, 0.1) is 0 Å². The van der Waals surface area contributed by atoms with Crippen molar-refractivity contribution >= 4 is 39.3 Å². The molecule has 0 aliphatic rings. The Morgan fingerprint density at radius 1 is 1.29 bits per heavy atom. The highest BCUT2D eigenvalue weighted by Gasteiger charge is 2.05. The van der Waals surface area contributed by atoms with Crippen LogP contribution in [-0.2, 0) is 6.54 Å². The minimum Gasteiger partial charge on any atom is -0.326 e. The molecular formula is C12H10BrClN2S. The first kappa shape index (κ1) is 12.9. The number of halogens is 2. The fourth-order valence-corrected chi connectivity index (χ4v) is 2.73. The molecule has 2 aromatic rings. The first-order chi connectivity index (χ1) is 8.19. The molecule has 1 heterocycles. The Morgan fingerprint density at radius 2 is 2.12 bits per heavy atom. The summed E-state index contributed by atoms with van der Waals surface area (Å²) in [6.45, 7) is 0.496. The number of benzene rings is 1. The average Bonchev–Trinajstić information content (AvgIpc) is 2.32. The molecule has 0 saturated carbocycles. The minimum atomic E-state index is 0.496. The Kier molecular flexibility index (Phi) is 4.45. The molecule has 0 amide bonds. The van der Waals surface area contributed by atoms with E-state index in [4.69, 9.17) is 17.3 Å². The molecule has 0 bridgehead atoms. The zero-order chi connectivity index (χ0) is 12.3. The van der Waals surface area contributed by atoms with E-state index in [1.165, 1.54) is 0 Å². The van der Waals surface area contributed by atoms with Crippen LogP contribution in [0.5, 0.6) is 0 Å². The molecule has 1 aromatic carbocycles. The number of hydrogen-bond donors (Lipinski definition) is 1. The first-order valence-electron chi connectivity index (χ1n) is 4.97. The maximum atomic E-state index is 5.98. The van der Waals surface area contributed by atoms with Gasteiger partial charge in [-0.15, -0.1) is 0 Å². The lowest BCUT2D eigenvalue weighted by Gasteiger charge is -2.07. The van der Waals surface area contributed by atoms with Crippen molar-refractivity contribution in [2.75, 3.05) is 0 Å². The molecule has 88 valence electrons. The molecule has 0 saturated heterocycles. The van der Waals surface area contributed by atoms with Gasteiger partial charge >= 0.3 is 0 Å². The number of nitrogens with zero attached hydrogens (tertiary/aromatic N) is 1. The topological polar surface area (TPSA) is 38.9 Å². The van der Waals surface area contributed by atoms with E-state index >= 15 is 0 Å². The number of nitrogens with two attached hydrogens (primary N) is 1. The molecule has 0 unspecified atom stereocenters. The Hall–Kier alpha value is -0.550. The van der Waals surface area contributed by atoms with Crippen molar-refractivity contribution in [2.45, 2.75) is 16.5 Å². The van der Waals surface area contributed by atoms with Crippen LogP contribution in [0.1, 0.15) is 5.56 Å². The Labute approximate surface area is 118 Å². The van der Waals surface area contributed by atoms with E-state index in [-0.39, 0.29) is 0 Å². The molecule has 2 rings (SSSR count). The van der Waals surface area contributed by atoms with Gasteiger partial charge in [0, 0.05) is 27.1 Å². The van der Waals surface area contributed by atoms with Gasteiger partial charge in [0.15, 0.2) is 0 Å². The summed E-state index contributed by atoms with van der Waals surface area (Å²) >= 11 is 10.9. The van der Waals surface area contributed by atoms with E-state index in [2.05, 4.69) is 20.9 Å². The van der Waals surface area contributed by atoms with Crippen molar-refractivity contribution in [3.8, 4) is 0 Å². The highest BCUT2D eigenvalue weighted by Crippen LogP contribution is 2.31. The fraction of sp³-hybridized carbons (Fsp3) is 0.0833. The standard InChI is InChI=1S/C12H10BrClN2S/c13-9-2-4-12(16-7-9)17-11-5-10(14)3-1-8(11)6-15/h1-5,7H,6,15H2. The average molecular weight is 330 g/mol. The Morgan fingerprint density at radius 3 is 2.76 bits per heavy atom. The van der Waals surface area contributed by atoms with Crippen molar-refractivity contribution in [2.24, 2.45) is 5.73 Å². The van der Waals surface area contributed by atoms with Crippen LogP contribution in [0.4, 0.5) is 0 Å². The van der Waals surface area contributed by atoms with Crippen molar-refractivity contribution in [1.29, 1.82) is 0 Å². The molecular weight excluding hydrogens is 320 g/mol. The van der Waals surface area contributed by atoms with Crippen LogP contribution in [0, 0.1) is 0 Å². The minimum absolute atomic E-state index is 0.496. The molecule has 0 fully saturated rings. The number of pyridine rings is 1. The number of rotatable bonds is 3. The van der Waals surface area contributed by atoms with E-state index in [0.717, 1.165) is 20.0 Å². The number of hydrogen-bond acceptors (Lipinski definition) is 3. The van der Waals surface area contributed by atoms with Crippen molar-refractivity contribution in [3.63, 3.8) is 0 Å². The number of aromatic nitrogens is 1. The predicted molar refractivity (Wildman–Crippen MR) is 75.4 cm³/mol. The molecule has 0 radical (unpaired) electrons. The van der Waals surface area contributed by atoms with E-state index < -0.39 is 0 Å². The highest BCUT2D eigenvalue weighted by atomic mass is 79.9. The van der Waals surface area contributed by atoms with Gasteiger partial charge in [-0.2, -0.15) is 0 Å². The molecule has 0 atom stereocenters. The summed E-state index contributed by atoms with van der Waals surface area (Å²) in [6, 6.07) is 9.63. The highest BCUT2D eigenvalue weighted by molar-refractivity contribution is 9.10. The van der Waals surface area contributed by atoms with E-state index in [1.54, 1.807) is 18.0 Å². The largest absolute Gasteiger partial charge is 0.326 e. The molecule has 0 spiro atoms. The van der Waals surface area contributed by atoms with Crippen LogP contribution in [-0.4, -0.2) is 4.98 Å². The SMILES string of the molecule is NCc1ccc(Cl)cc1Sc1ccc(Br)cn1. The first-order valence-corrected chi connectivity index (χ1v) is 6.95. The van der Waals surface area contributed by atoms with Crippen LogP contribution >= 0.6 is 39.3 Å². The van der Waals surface area contributed by atoms with Gasteiger partial charge in [-0.1, -0.05) is 29.4 Å². The lowest BCUT2D eigenvalue weighted by Crippen LogP contribution is -1.98. The summed E-state index contributed by atoms with van der Waals surface area (Å²) in [5.41, 5.74) is 6.77. The maximum Gasteiger partial charge on any atom is 0.101 e. The van der Waals surface area contributed by atoms with E-state index in [0.29, 0.717) is 11.6 Å². The van der Waals surface area contributed by atoms with Gasteiger partial charge < -0.3 is 5.73 Å². The van der Waals surface area contributed by atoms with Crippen LogP contribution in [0.15, 0.2) is 50.9 Å². The van der Waals surface area contributed by atoms with Crippen LogP contribution < -0.4 is 5.73 Å². The molecule has 17 heavy (non-hydrogen) atoms. The third kappa shape index (κ3) is 3.45. The maximum absolute atomic E-state index is 5.98. The quantitative estimate of drug-likeness (QED) is 0.921. The Balaban J connectivity index is 2.28. The monoisotopic (exact) mass is 328 g/mol. The van der Waals surface area contributed by atoms with Gasteiger partial charge in [-0.3, -0.25) is 0 Å². The third-order valence-electron chi connectivity index (χ3n) is 2.16. The van der Waals surface area contributed by atoms with E-state index in [1.807, 2.05) is 30.3 Å². The van der Waals surface area contributed by atoms with Crippen molar-refractivity contribution < 1.29 is 0 Å². The van der Waals surface area contributed by atoms with Crippen molar-refractivity contribution in [3.05, 3.63) is 51.6 Å². The summed E-state index contributed by atoms with van der Waals surface area (Å²) in [7, 11) is 0. The van der Waals surface area contributed by atoms with Crippen LogP contribution in [0.3, 0.4) is 0 Å². The second-order valence-corrected chi connectivity index (χ2v) is 5.79. The Bertz CT molecular complexity index is 516. The van der Waals surface area contributed by atoms with Gasteiger partial charge in [-0.25, -0.2) is 4.98 Å². The summed E-state index contributed by atoms with van der Waals surface area (Å²) in [5, 5.41) is 1.63. The molecule has 0 aliphatic heterocycles. The van der Waals surface area contributed by atoms with E-state index in [9.17, 15) is 0 Å². The molecule has 2 N–H and O–H groups in total. The molecule has 2 nitrogen and oxygen atoms in total. The van der Waals surface area contributed by atoms with Gasteiger partial charge in [0.2, 0.25) is 0 Å². The second kappa shape index (κ2) is 5.87. The van der Waals surface area contributed by atoms with Gasteiger partial charge in [0.1, 0.15) is 5.03 Å². The molecule has 1 aromatic heterocycles. The predicted octanol–water partition coefficient (Wildman–Crippen LogP) is 4.11. The van der Waals surface area contributed by atoms with Crippen LogP contribution in [0.25, 0.3) is 0 Å². The van der Waals surface area contributed by atoms with Gasteiger partial charge in [0.25, 0.3) is 0 Å². The molecule has 0 aliphatic carbocycles. The van der Waals surface area contributed by atoms with Crippen LogP contribution in [0.2, 0.25) is 5.02 Å². The lowest BCUT2D eigenvalue weighted by atomic mass is 10.2. The van der Waals surface area contributed by atoms with Crippen molar-refractivity contribution in [1.82, 2.24) is 4.98 Å². The summed E-state index contributed by atoms with van der Waals surface area (Å²) in [6.07, 6.45) is 1.77. The summed E-state index contributed by atoms with van der Waals surface area (Å²) < 4.78 is 0.965. The molecule has 5 heteroatoms. The summed E-state index contributed by atoms with van der Waals surface area (Å²) in [4.78, 5) is 5.36. The smallest absolute Gasteiger partial charge is 0.101 e. The second-order valence-electron chi connectivity index (χ2n) is 3.37. The zero-order valence-corrected chi connectivity index (χ0v) is 12.0. The third-order valence-corrected chi connectivity index (χ3v) is 3.92. The fourth-order valence-electron chi connectivity index (χ4n) is 1.33. The normalized spacial score (nSPS) is 10.5. The zero-order valence-electron chi connectivity index (χ0n) is 8.86. The lowest BCUT2D eigenvalue weighted by molar-refractivity contribution is 1.02. The van der Waals surface area contributed by atoms with Gasteiger partial charge in [-0.05, 0) is 45.8 Å².